The molecule has 0 spiro atoms. The molecule has 0 saturated heterocycles. The Morgan fingerprint density at radius 3 is 2.53 bits per heavy atom. The van der Waals surface area contributed by atoms with E-state index in [9.17, 15) is 4.39 Å². The maximum Gasteiger partial charge on any atom is 0.200 e. The number of rotatable bonds is 1. The molecule has 2 rings (SSSR count). The first kappa shape index (κ1) is 9.71. The van der Waals surface area contributed by atoms with Gasteiger partial charge >= 0.3 is 0 Å². The molecule has 2 N–H and O–H groups in total. The first-order chi connectivity index (χ1) is 7.11. The largest absolute Gasteiger partial charge is 0.369 e. The summed E-state index contributed by atoms with van der Waals surface area (Å²) < 4.78 is 15.2. The number of hydrogen-bond donors (Lipinski definition) is 1. The third-order valence-electron chi connectivity index (χ3n) is 2.54. The minimum absolute atomic E-state index is 0.279. The van der Waals surface area contributed by atoms with Gasteiger partial charge in [0, 0.05) is 18.3 Å². The Morgan fingerprint density at radius 1 is 1.33 bits per heavy atom. The fourth-order valence-corrected chi connectivity index (χ4v) is 1.51. The van der Waals surface area contributed by atoms with Gasteiger partial charge in [-0.15, -0.1) is 0 Å². The molecule has 4 heteroatoms. The average molecular weight is 205 g/mol. The van der Waals surface area contributed by atoms with Gasteiger partial charge < -0.3 is 10.3 Å². The summed E-state index contributed by atoms with van der Waals surface area (Å²) in [4.78, 5) is 4.14. The molecule has 2 aromatic rings. The Kier molecular flexibility index (Phi) is 2.19. The van der Waals surface area contributed by atoms with Crippen molar-refractivity contribution in [3.05, 3.63) is 35.8 Å². The Balaban J connectivity index is 2.65. The molecule has 0 bridgehead atoms. The summed E-state index contributed by atoms with van der Waals surface area (Å²) in [6.07, 6.45) is 0. The van der Waals surface area contributed by atoms with Crippen molar-refractivity contribution in [2.24, 2.45) is 7.05 Å². The first-order valence-electron chi connectivity index (χ1n) is 4.65. The second-order valence-corrected chi connectivity index (χ2v) is 3.44. The molecule has 3 nitrogen and oxygen atoms in total. The lowest BCUT2D eigenvalue weighted by Crippen LogP contribution is -1.97. The van der Waals surface area contributed by atoms with E-state index in [4.69, 9.17) is 5.73 Å². The van der Waals surface area contributed by atoms with Crippen LogP contribution in [0.1, 0.15) is 5.69 Å². The summed E-state index contributed by atoms with van der Waals surface area (Å²) in [6, 6.07) is 6.55. The molecule has 1 aromatic carbocycles. The molecule has 0 aliphatic carbocycles. The summed E-state index contributed by atoms with van der Waals surface area (Å²) >= 11 is 0. The van der Waals surface area contributed by atoms with Crippen molar-refractivity contribution < 1.29 is 4.39 Å². The third-order valence-corrected chi connectivity index (χ3v) is 2.54. The minimum atomic E-state index is -0.279. The molecule has 0 saturated carbocycles. The van der Waals surface area contributed by atoms with Crippen LogP contribution in [0.3, 0.4) is 0 Å². The van der Waals surface area contributed by atoms with E-state index >= 15 is 0 Å². The molecule has 15 heavy (non-hydrogen) atoms. The van der Waals surface area contributed by atoms with E-state index in [1.54, 1.807) is 22.8 Å². The SMILES string of the molecule is Cc1c(-c2ccccc2F)nc(N)n1C. The fourth-order valence-electron chi connectivity index (χ4n) is 1.51. The van der Waals surface area contributed by atoms with Gasteiger partial charge in [-0.25, -0.2) is 9.37 Å². The van der Waals surface area contributed by atoms with E-state index in [0.29, 0.717) is 17.2 Å². The van der Waals surface area contributed by atoms with Crippen molar-refractivity contribution >= 4 is 5.95 Å². The molecule has 1 heterocycles. The molecule has 0 atom stereocenters. The van der Waals surface area contributed by atoms with Crippen molar-refractivity contribution in [2.45, 2.75) is 6.92 Å². The molecular weight excluding hydrogens is 193 g/mol. The number of aromatic nitrogens is 2. The molecule has 78 valence electrons. The highest BCUT2D eigenvalue weighted by Crippen LogP contribution is 2.25. The van der Waals surface area contributed by atoms with Gasteiger partial charge in [0.1, 0.15) is 5.82 Å². The summed E-state index contributed by atoms with van der Waals surface area (Å²) in [6.45, 7) is 1.87. The zero-order valence-corrected chi connectivity index (χ0v) is 8.66. The van der Waals surface area contributed by atoms with E-state index in [0.717, 1.165) is 5.69 Å². The molecule has 0 amide bonds. The lowest BCUT2D eigenvalue weighted by atomic mass is 10.1. The van der Waals surface area contributed by atoms with Crippen LogP contribution in [0.4, 0.5) is 10.3 Å². The Bertz CT molecular complexity index is 503. The average Bonchev–Trinajstić information content (AvgIpc) is 2.47. The van der Waals surface area contributed by atoms with Gasteiger partial charge in [-0.2, -0.15) is 0 Å². The van der Waals surface area contributed by atoms with Crippen LogP contribution < -0.4 is 5.73 Å². The van der Waals surface area contributed by atoms with Gasteiger partial charge in [-0.3, -0.25) is 0 Å². The molecule has 1 aromatic heterocycles. The highest BCUT2D eigenvalue weighted by atomic mass is 19.1. The van der Waals surface area contributed by atoms with Crippen LogP contribution in [0.25, 0.3) is 11.3 Å². The zero-order valence-electron chi connectivity index (χ0n) is 8.66. The maximum atomic E-state index is 13.5. The van der Waals surface area contributed by atoms with E-state index in [-0.39, 0.29) is 5.82 Å². The van der Waals surface area contributed by atoms with Gasteiger partial charge in [0.05, 0.1) is 5.69 Å². The Labute approximate surface area is 87.4 Å². The van der Waals surface area contributed by atoms with Gasteiger partial charge in [-0.1, -0.05) is 12.1 Å². The van der Waals surface area contributed by atoms with E-state index in [1.165, 1.54) is 6.07 Å². The summed E-state index contributed by atoms with van der Waals surface area (Å²) in [7, 11) is 1.81. The van der Waals surface area contributed by atoms with Crippen LogP contribution in [0, 0.1) is 12.7 Å². The second-order valence-electron chi connectivity index (χ2n) is 3.44. The predicted octanol–water partition coefficient (Wildman–Crippen LogP) is 2.12. The monoisotopic (exact) mass is 205 g/mol. The predicted molar refractivity (Wildman–Crippen MR) is 57.8 cm³/mol. The van der Waals surface area contributed by atoms with Crippen molar-refractivity contribution in [3.63, 3.8) is 0 Å². The first-order valence-corrected chi connectivity index (χ1v) is 4.65. The van der Waals surface area contributed by atoms with Crippen LogP contribution in [0.5, 0.6) is 0 Å². The third kappa shape index (κ3) is 1.48. The number of halogens is 1. The van der Waals surface area contributed by atoms with Gasteiger partial charge in [-0.05, 0) is 19.1 Å². The summed E-state index contributed by atoms with van der Waals surface area (Å²) in [5, 5.41) is 0. The quantitative estimate of drug-likeness (QED) is 0.774. The van der Waals surface area contributed by atoms with Crippen molar-refractivity contribution in [1.82, 2.24) is 9.55 Å². The highest BCUT2D eigenvalue weighted by Gasteiger charge is 2.13. The van der Waals surface area contributed by atoms with Crippen LogP contribution in [0.2, 0.25) is 0 Å². The summed E-state index contributed by atoms with van der Waals surface area (Å²) in [5.41, 5.74) is 7.61. The van der Waals surface area contributed by atoms with Crippen molar-refractivity contribution in [2.75, 3.05) is 5.73 Å². The van der Waals surface area contributed by atoms with E-state index < -0.39 is 0 Å². The van der Waals surface area contributed by atoms with Gasteiger partial charge in [0.25, 0.3) is 0 Å². The van der Waals surface area contributed by atoms with Gasteiger partial charge in [0.2, 0.25) is 5.95 Å². The molecule has 0 aliphatic heterocycles. The van der Waals surface area contributed by atoms with Crippen LogP contribution in [-0.2, 0) is 7.05 Å². The van der Waals surface area contributed by atoms with Crippen LogP contribution in [-0.4, -0.2) is 9.55 Å². The molecule has 0 radical (unpaired) electrons. The molecular formula is C11H12FN3. The second kappa shape index (κ2) is 3.38. The lowest BCUT2D eigenvalue weighted by molar-refractivity contribution is 0.630. The van der Waals surface area contributed by atoms with Gasteiger partial charge in [0.15, 0.2) is 0 Å². The smallest absolute Gasteiger partial charge is 0.200 e. The zero-order chi connectivity index (χ0) is 11.0. The standard InChI is InChI=1S/C11H12FN3/c1-7-10(14-11(13)15(7)2)8-5-3-4-6-9(8)12/h3-6H,1-2H3,(H2,13,14). The molecule has 0 fully saturated rings. The van der Waals surface area contributed by atoms with Crippen molar-refractivity contribution in [1.29, 1.82) is 0 Å². The molecule has 0 unspecified atom stereocenters. The number of anilines is 1. The number of nitrogens with two attached hydrogens (primary N) is 1. The van der Waals surface area contributed by atoms with Crippen LogP contribution >= 0.6 is 0 Å². The number of benzene rings is 1. The highest BCUT2D eigenvalue weighted by molar-refractivity contribution is 5.64. The number of nitrogens with zero attached hydrogens (tertiary/aromatic N) is 2. The Hall–Kier alpha value is -1.84. The normalized spacial score (nSPS) is 10.6. The summed E-state index contributed by atoms with van der Waals surface area (Å²) in [5.74, 6) is 0.115. The molecule has 0 aliphatic rings. The number of hydrogen-bond acceptors (Lipinski definition) is 2. The van der Waals surface area contributed by atoms with Crippen LogP contribution in [0.15, 0.2) is 24.3 Å². The van der Waals surface area contributed by atoms with Crippen molar-refractivity contribution in [3.8, 4) is 11.3 Å². The van der Waals surface area contributed by atoms with E-state index in [1.807, 2.05) is 14.0 Å². The maximum absolute atomic E-state index is 13.5. The topological polar surface area (TPSA) is 43.8 Å². The van der Waals surface area contributed by atoms with E-state index in [2.05, 4.69) is 4.98 Å². The number of imidazole rings is 1. The number of nitrogen functional groups attached to an aromatic ring is 1. The minimum Gasteiger partial charge on any atom is -0.369 e. The fraction of sp³-hybridized carbons (Fsp3) is 0.182. The lowest BCUT2D eigenvalue weighted by Gasteiger charge is -2.01. The Morgan fingerprint density at radius 2 is 2.00 bits per heavy atom.